The van der Waals surface area contributed by atoms with E-state index in [0.717, 1.165) is 28.1 Å². The van der Waals surface area contributed by atoms with Crippen LogP contribution in [-0.2, 0) is 26.2 Å². The molecule has 36 heavy (non-hydrogen) atoms. The molecule has 198 valence electrons. The molecule has 7 nitrogen and oxygen atoms in total. The lowest BCUT2D eigenvalue weighted by atomic mass is 10.1. The summed E-state index contributed by atoms with van der Waals surface area (Å²) in [6, 6.07) is 9.32. The summed E-state index contributed by atoms with van der Waals surface area (Å²) in [5, 5.41) is 3.20. The number of rotatable bonds is 11. The molecule has 0 bridgehead atoms. The second-order valence-electron chi connectivity index (χ2n) is 8.74. The summed E-state index contributed by atoms with van der Waals surface area (Å²) in [4.78, 5) is 28.3. The van der Waals surface area contributed by atoms with Crippen LogP contribution in [0.5, 0.6) is 0 Å². The highest BCUT2D eigenvalue weighted by molar-refractivity contribution is 7.92. The third-order valence-electron chi connectivity index (χ3n) is 5.76. The third kappa shape index (κ3) is 8.00. The van der Waals surface area contributed by atoms with Gasteiger partial charge in [0, 0.05) is 12.6 Å². The number of amides is 2. The Morgan fingerprint density at radius 3 is 2.19 bits per heavy atom. The summed E-state index contributed by atoms with van der Waals surface area (Å²) in [6.07, 6.45) is 2.04. The molecule has 0 spiro atoms. The SMILES string of the molecule is CC[C@@H](C)NC(=O)[C@H](CC)N(Cc1cccc(C)c1)C(=O)CN(c1cc(Cl)c(Cl)cc1Cl)S(C)(=O)=O. The molecule has 11 heteroatoms. The monoisotopic (exact) mass is 575 g/mol. The largest absolute Gasteiger partial charge is 0.352 e. The molecular formula is C25H32Cl3N3O4S. The van der Waals surface area contributed by atoms with E-state index >= 15 is 0 Å². The first kappa shape index (κ1) is 30.2. The number of carbonyl (C=O) groups excluding carboxylic acids is 2. The molecule has 0 aliphatic heterocycles. The number of sulfonamides is 1. The van der Waals surface area contributed by atoms with E-state index in [1.807, 2.05) is 52.0 Å². The van der Waals surface area contributed by atoms with Gasteiger partial charge < -0.3 is 10.2 Å². The van der Waals surface area contributed by atoms with E-state index in [1.165, 1.54) is 17.0 Å². The first-order valence-corrected chi connectivity index (χ1v) is 14.5. The topological polar surface area (TPSA) is 86.8 Å². The summed E-state index contributed by atoms with van der Waals surface area (Å²) < 4.78 is 26.4. The first-order chi connectivity index (χ1) is 16.8. The van der Waals surface area contributed by atoms with Crippen LogP contribution in [0.2, 0.25) is 15.1 Å². The summed E-state index contributed by atoms with van der Waals surface area (Å²) in [5.41, 5.74) is 1.84. The van der Waals surface area contributed by atoms with Gasteiger partial charge in [0.2, 0.25) is 21.8 Å². The van der Waals surface area contributed by atoms with E-state index in [0.29, 0.717) is 6.42 Å². The number of halogens is 3. The molecule has 2 atom stereocenters. The van der Waals surface area contributed by atoms with Crippen LogP contribution in [0, 0.1) is 6.92 Å². The predicted molar refractivity (Wildman–Crippen MR) is 147 cm³/mol. The fraction of sp³-hybridized carbons (Fsp3) is 0.440. The van der Waals surface area contributed by atoms with Crippen LogP contribution in [0.4, 0.5) is 5.69 Å². The van der Waals surface area contributed by atoms with E-state index in [9.17, 15) is 18.0 Å². The van der Waals surface area contributed by atoms with Crippen molar-refractivity contribution >= 4 is 62.3 Å². The number of aryl methyl sites for hydroxylation is 1. The quantitative estimate of drug-likeness (QED) is 0.361. The summed E-state index contributed by atoms with van der Waals surface area (Å²) in [6.45, 7) is 7.12. The van der Waals surface area contributed by atoms with Crippen LogP contribution in [-0.4, -0.2) is 50.0 Å². The molecule has 2 aromatic carbocycles. The Labute approximate surface area is 228 Å². The van der Waals surface area contributed by atoms with Crippen molar-refractivity contribution in [2.75, 3.05) is 17.1 Å². The fourth-order valence-corrected chi connectivity index (χ4v) is 5.21. The lowest BCUT2D eigenvalue weighted by molar-refractivity contribution is -0.140. The van der Waals surface area contributed by atoms with E-state index < -0.39 is 28.5 Å². The smallest absolute Gasteiger partial charge is 0.244 e. The first-order valence-electron chi connectivity index (χ1n) is 11.6. The Balaban J connectivity index is 2.51. The lowest BCUT2D eigenvalue weighted by Crippen LogP contribution is -2.53. The van der Waals surface area contributed by atoms with Gasteiger partial charge in [-0.2, -0.15) is 0 Å². The van der Waals surface area contributed by atoms with E-state index in [4.69, 9.17) is 34.8 Å². The normalized spacial score (nSPS) is 13.1. The Morgan fingerprint density at radius 1 is 1.00 bits per heavy atom. The zero-order valence-corrected chi connectivity index (χ0v) is 24.1. The number of nitrogens with zero attached hydrogens (tertiary/aromatic N) is 2. The van der Waals surface area contributed by atoms with Gasteiger partial charge in [-0.3, -0.25) is 13.9 Å². The molecule has 0 aliphatic rings. The molecule has 0 aliphatic carbocycles. The summed E-state index contributed by atoms with van der Waals surface area (Å²) >= 11 is 18.4. The maximum absolute atomic E-state index is 13.7. The Hall–Kier alpha value is -2.00. The second-order valence-corrected chi connectivity index (χ2v) is 11.9. The molecular weight excluding hydrogens is 545 g/mol. The van der Waals surface area contributed by atoms with Crippen LogP contribution in [0.3, 0.4) is 0 Å². The average Bonchev–Trinajstić information content (AvgIpc) is 2.79. The van der Waals surface area contributed by atoms with Crippen LogP contribution < -0.4 is 9.62 Å². The molecule has 2 aromatic rings. The number of hydrogen-bond donors (Lipinski definition) is 1. The maximum Gasteiger partial charge on any atom is 0.244 e. The van der Waals surface area contributed by atoms with Crippen LogP contribution in [0.1, 0.15) is 44.7 Å². The van der Waals surface area contributed by atoms with Gasteiger partial charge in [0.1, 0.15) is 12.6 Å². The molecule has 2 amide bonds. The highest BCUT2D eigenvalue weighted by Gasteiger charge is 2.33. The van der Waals surface area contributed by atoms with E-state index in [-0.39, 0.29) is 39.2 Å². The van der Waals surface area contributed by atoms with Crippen LogP contribution in [0.15, 0.2) is 36.4 Å². The number of hydrogen-bond acceptors (Lipinski definition) is 4. The molecule has 1 N–H and O–H groups in total. The van der Waals surface area contributed by atoms with Gasteiger partial charge in [-0.05, 0) is 44.4 Å². The number of benzene rings is 2. The number of nitrogens with one attached hydrogen (secondary N) is 1. The van der Waals surface area contributed by atoms with Crippen molar-refractivity contribution in [1.82, 2.24) is 10.2 Å². The van der Waals surface area contributed by atoms with Gasteiger partial charge >= 0.3 is 0 Å². The summed E-state index contributed by atoms with van der Waals surface area (Å²) in [5.74, 6) is -0.860. The average molecular weight is 577 g/mol. The van der Waals surface area contributed by atoms with Crippen LogP contribution >= 0.6 is 34.8 Å². The highest BCUT2D eigenvalue weighted by atomic mass is 35.5. The van der Waals surface area contributed by atoms with Crippen molar-refractivity contribution < 1.29 is 18.0 Å². The van der Waals surface area contributed by atoms with E-state index in [1.54, 1.807) is 0 Å². The standard InChI is InChI=1S/C25H32Cl3N3O4S/c1-6-17(4)29-25(33)22(7-2)30(14-18-10-8-9-16(3)11-18)24(32)15-31(36(5,34)35)23-13-20(27)19(26)12-21(23)28/h8-13,17,22H,6-7,14-15H2,1-5H3,(H,29,33)/t17-,22+/m1/s1. The second kappa shape index (κ2) is 13.0. The summed E-state index contributed by atoms with van der Waals surface area (Å²) in [7, 11) is -3.95. The van der Waals surface area contributed by atoms with Crippen molar-refractivity contribution in [3.63, 3.8) is 0 Å². The predicted octanol–water partition coefficient (Wildman–Crippen LogP) is 5.44. The minimum Gasteiger partial charge on any atom is -0.352 e. The zero-order chi connectivity index (χ0) is 27.2. The molecule has 0 saturated carbocycles. The third-order valence-corrected chi connectivity index (χ3v) is 7.91. The van der Waals surface area contributed by atoms with Gasteiger partial charge in [0.25, 0.3) is 0 Å². The lowest BCUT2D eigenvalue weighted by Gasteiger charge is -2.33. The van der Waals surface area contributed by atoms with Gasteiger partial charge in [0.05, 0.1) is 27.0 Å². The Kier molecular flexibility index (Phi) is 10.9. The molecule has 0 heterocycles. The van der Waals surface area contributed by atoms with Crippen LogP contribution in [0.25, 0.3) is 0 Å². The van der Waals surface area contributed by atoms with Crippen molar-refractivity contribution in [2.45, 2.75) is 59.2 Å². The molecule has 0 fully saturated rings. The van der Waals surface area contributed by atoms with Gasteiger partial charge in [-0.15, -0.1) is 0 Å². The van der Waals surface area contributed by atoms with Crippen molar-refractivity contribution in [3.8, 4) is 0 Å². The minimum absolute atomic E-state index is 0.0226. The van der Waals surface area contributed by atoms with Gasteiger partial charge in [-0.1, -0.05) is 78.5 Å². The van der Waals surface area contributed by atoms with Crippen molar-refractivity contribution in [3.05, 3.63) is 62.6 Å². The Morgan fingerprint density at radius 2 is 1.64 bits per heavy atom. The van der Waals surface area contributed by atoms with Gasteiger partial charge in [-0.25, -0.2) is 8.42 Å². The van der Waals surface area contributed by atoms with Gasteiger partial charge in [0.15, 0.2) is 0 Å². The molecule has 0 unspecified atom stereocenters. The molecule has 0 saturated heterocycles. The van der Waals surface area contributed by atoms with E-state index in [2.05, 4.69) is 5.32 Å². The molecule has 0 radical (unpaired) electrons. The zero-order valence-electron chi connectivity index (χ0n) is 21.0. The molecule has 2 rings (SSSR count). The highest BCUT2D eigenvalue weighted by Crippen LogP contribution is 2.35. The number of carbonyl (C=O) groups is 2. The van der Waals surface area contributed by atoms with Crippen molar-refractivity contribution in [1.29, 1.82) is 0 Å². The number of anilines is 1. The minimum atomic E-state index is -3.95. The Bertz CT molecular complexity index is 1210. The fourth-order valence-electron chi connectivity index (χ4n) is 3.67. The molecule has 0 aromatic heterocycles. The maximum atomic E-state index is 13.7. The van der Waals surface area contributed by atoms with Crippen molar-refractivity contribution in [2.24, 2.45) is 0 Å².